The second-order valence-corrected chi connectivity index (χ2v) is 5.09. The van der Waals surface area contributed by atoms with E-state index in [2.05, 4.69) is 0 Å². The fraction of sp³-hybridized carbons (Fsp3) is 1.00. The third-order valence-corrected chi connectivity index (χ3v) is 2.09. The predicted molar refractivity (Wildman–Crippen MR) is 47.4 cm³/mol. The Kier molecular flexibility index (Phi) is 16.5. The van der Waals surface area contributed by atoms with Crippen LogP contribution < -0.4 is 116 Å². The summed E-state index contributed by atoms with van der Waals surface area (Å²) in [6, 6.07) is 0. The molecule has 0 N–H and O–H groups in total. The summed E-state index contributed by atoms with van der Waals surface area (Å²) < 4.78 is 10.8. The van der Waals surface area contributed by atoms with E-state index in [1.54, 1.807) is 0 Å². The van der Waals surface area contributed by atoms with Crippen molar-refractivity contribution in [2.24, 2.45) is 0 Å². The van der Waals surface area contributed by atoms with Crippen molar-refractivity contribution in [3.63, 3.8) is 0 Å². The fourth-order valence-electron chi connectivity index (χ4n) is 0.271. The minimum Gasteiger partial charge on any atom is -0.583 e. The molecule has 0 aromatic carbocycles. The first-order chi connectivity index (χ1) is 4.71. The van der Waals surface area contributed by atoms with Gasteiger partial charge in [-0.3, -0.25) is 0 Å². The van der Waals surface area contributed by atoms with Crippen LogP contribution in [0, 0.1) is 0 Å². The summed E-state index contributed by atoms with van der Waals surface area (Å²) in [5.41, 5.74) is -0.187. The molecule has 0 spiro atoms. The molecule has 0 aromatic heterocycles. The Bertz CT molecular complexity index is 104. The van der Waals surface area contributed by atoms with Crippen molar-refractivity contribution in [3.8, 4) is 0 Å². The van der Waals surface area contributed by atoms with Gasteiger partial charge < -0.3 is 8.85 Å². The Hall–Kier alpha value is 3.75. The van der Waals surface area contributed by atoms with Gasteiger partial charge in [-0.15, -0.1) is 0 Å². The molecule has 0 aromatic rings. The molecule has 0 saturated carbocycles. The van der Waals surface area contributed by atoms with Crippen molar-refractivity contribution < 1.29 is 125 Å². The average molecular weight is 345 g/mol. The molecule has 5 heteroatoms. The van der Waals surface area contributed by atoms with Crippen LogP contribution in [0.5, 0.6) is 0 Å². The van der Waals surface area contributed by atoms with Gasteiger partial charge in [-0.1, -0.05) is 10.0 Å². The van der Waals surface area contributed by atoms with Crippen LogP contribution in [0.2, 0.25) is 0 Å². The van der Waals surface area contributed by atoms with E-state index >= 15 is 0 Å². The Morgan fingerprint density at radius 1 is 0.692 bits per heavy atom. The molecule has 0 aliphatic carbocycles. The molecule has 0 unspecified atom stereocenters. The first-order valence-electron chi connectivity index (χ1n) is 3.82. The van der Waals surface area contributed by atoms with E-state index in [9.17, 15) is 0 Å². The number of rotatable bonds is 2. The van der Waals surface area contributed by atoms with E-state index in [0.717, 1.165) is 0 Å². The number of hydrogen-bond acceptors (Lipinski definition) is 2. The molecule has 0 bridgehead atoms. The van der Waals surface area contributed by atoms with Crippen LogP contribution in [0.25, 0.3) is 0 Å². The van der Waals surface area contributed by atoms with Crippen LogP contribution in [0.4, 0.5) is 0 Å². The van der Waals surface area contributed by atoms with Gasteiger partial charge in [-0.05, 0) is 41.5 Å². The van der Waals surface area contributed by atoms with E-state index < -0.39 is 0 Å². The van der Waals surface area contributed by atoms with E-state index in [-0.39, 0.29) is 138 Å². The van der Waals surface area contributed by atoms with Gasteiger partial charge in [0.2, 0.25) is 0 Å². The van der Waals surface area contributed by atoms with Gasteiger partial charge in [0, 0.05) is 11.2 Å². The topological polar surface area (TPSA) is 18.5 Å². The maximum Gasteiger partial charge on any atom is 1.00 e. The van der Waals surface area contributed by atoms with Gasteiger partial charge in [0.25, 0.3) is 0 Å². The summed E-state index contributed by atoms with van der Waals surface area (Å²) >= 11 is 0. The van der Waals surface area contributed by atoms with Crippen LogP contribution in [-0.2, 0) is 8.85 Å². The third-order valence-electron chi connectivity index (χ3n) is 0.696. The molecule has 0 amide bonds. The molecule has 0 aliphatic rings. The molecular weight excluding hydrogens is 327 g/mol. The molecule has 1 radical (unpaired) electrons. The molecule has 0 heterocycles. The zero-order chi connectivity index (χ0) is 9.12. The van der Waals surface area contributed by atoms with Gasteiger partial charge in [0.05, 0.1) is 0 Å². The number of hydrogen-bond donors (Lipinski definition) is 0. The Balaban J connectivity index is -0.000000500. The summed E-state index contributed by atoms with van der Waals surface area (Å²) in [6.45, 7) is 12.1. The van der Waals surface area contributed by atoms with E-state index in [4.69, 9.17) is 8.85 Å². The molecule has 0 rings (SSSR count). The van der Waals surface area contributed by atoms with Crippen molar-refractivity contribution in [1.82, 2.24) is 0 Å². The van der Waals surface area contributed by atoms with Gasteiger partial charge in [-0.25, -0.2) is 0 Å². The Labute approximate surface area is 183 Å². The molecular formula is C8H18O2Rb2Si+. The fourth-order valence-corrected chi connectivity index (χ4v) is 0.813. The SMILES string of the molecule is CC(C)(C)O[Si-]OC(C)(C)C.[Rb+].[Rb+]. The second kappa shape index (κ2) is 9.74. The maximum absolute atomic E-state index is 5.41. The van der Waals surface area contributed by atoms with E-state index in [1.807, 2.05) is 41.5 Å². The summed E-state index contributed by atoms with van der Waals surface area (Å²) in [6.07, 6.45) is 0. The first-order valence-corrected chi connectivity index (χ1v) is 4.63. The monoisotopic (exact) mass is 344 g/mol. The van der Waals surface area contributed by atoms with Gasteiger partial charge in [0.15, 0.2) is 0 Å². The Morgan fingerprint density at radius 3 is 1.08 bits per heavy atom. The average Bonchev–Trinajstić information content (AvgIpc) is 1.55. The van der Waals surface area contributed by atoms with E-state index in [0.29, 0.717) is 0 Å². The Morgan fingerprint density at radius 2 is 0.923 bits per heavy atom. The first kappa shape index (κ1) is 22.0. The van der Waals surface area contributed by atoms with Crippen molar-refractivity contribution in [2.75, 3.05) is 0 Å². The summed E-state index contributed by atoms with van der Waals surface area (Å²) in [5, 5.41) is 0. The molecule has 0 fully saturated rings. The summed E-state index contributed by atoms with van der Waals surface area (Å²) in [5.74, 6) is 0. The van der Waals surface area contributed by atoms with Crippen LogP contribution in [-0.4, -0.2) is 21.2 Å². The third kappa shape index (κ3) is 21.6. The summed E-state index contributed by atoms with van der Waals surface area (Å²) in [4.78, 5) is 0. The van der Waals surface area contributed by atoms with Crippen molar-refractivity contribution in [3.05, 3.63) is 0 Å². The zero-order valence-corrected chi connectivity index (χ0v) is 21.1. The predicted octanol–water partition coefficient (Wildman–Crippen LogP) is -3.84. The normalized spacial score (nSPS) is 11.5. The minimum atomic E-state index is -0.0936. The quantitative estimate of drug-likeness (QED) is 0.478. The molecule has 0 saturated heterocycles. The van der Waals surface area contributed by atoms with E-state index in [1.165, 1.54) is 0 Å². The van der Waals surface area contributed by atoms with Crippen LogP contribution in [0.3, 0.4) is 0 Å². The standard InChI is InChI=1S/C8H18O2Si.2Rb/c1-7(2,3)9-11-10-8(4,5)6;;/h1-6H3;;/q-1;2*+1. The maximum atomic E-state index is 5.41. The molecule has 0 atom stereocenters. The van der Waals surface area contributed by atoms with Crippen LogP contribution >= 0.6 is 0 Å². The molecule has 13 heavy (non-hydrogen) atoms. The van der Waals surface area contributed by atoms with Gasteiger partial charge >= 0.3 is 116 Å². The second-order valence-electron chi connectivity index (χ2n) is 4.51. The zero-order valence-electron chi connectivity index (χ0n) is 10.3. The van der Waals surface area contributed by atoms with Crippen LogP contribution in [0.1, 0.15) is 41.5 Å². The van der Waals surface area contributed by atoms with Crippen molar-refractivity contribution in [1.29, 1.82) is 0 Å². The van der Waals surface area contributed by atoms with Crippen molar-refractivity contribution in [2.45, 2.75) is 52.7 Å². The van der Waals surface area contributed by atoms with Crippen LogP contribution in [0.15, 0.2) is 0 Å². The minimum absolute atomic E-state index is 0. The van der Waals surface area contributed by atoms with Gasteiger partial charge in [-0.2, -0.15) is 0 Å². The smallest absolute Gasteiger partial charge is 0.583 e. The molecule has 0 aliphatic heterocycles. The van der Waals surface area contributed by atoms with Gasteiger partial charge in [0.1, 0.15) is 0 Å². The summed E-state index contributed by atoms with van der Waals surface area (Å²) in [7, 11) is 0.135. The largest absolute Gasteiger partial charge is 1.00 e. The van der Waals surface area contributed by atoms with Crippen molar-refractivity contribution >= 4 is 10.0 Å². The molecule has 67 valence electrons. The molecule has 2 nitrogen and oxygen atoms in total.